The van der Waals surface area contributed by atoms with Crippen molar-refractivity contribution in [3.63, 3.8) is 0 Å². The number of fused-ring (bicyclic) bond motifs is 1. The Bertz CT molecular complexity index is 747. The van der Waals surface area contributed by atoms with E-state index in [1.807, 2.05) is 7.05 Å². The lowest BCUT2D eigenvalue weighted by molar-refractivity contribution is -0.00255. The van der Waals surface area contributed by atoms with Crippen LogP contribution in [0, 0.1) is 6.92 Å². The van der Waals surface area contributed by atoms with Crippen LogP contribution in [-0.4, -0.2) is 36.3 Å². The molecule has 3 rings (SSSR count). The first-order valence-corrected chi connectivity index (χ1v) is 8.10. The summed E-state index contributed by atoms with van der Waals surface area (Å²) in [6.07, 6.45) is 3.72. The van der Waals surface area contributed by atoms with Gasteiger partial charge in [-0.2, -0.15) is 0 Å². The molecule has 1 aliphatic rings. The molecule has 23 heavy (non-hydrogen) atoms. The summed E-state index contributed by atoms with van der Waals surface area (Å²) in [7, 11) is 2.03. The largest absolute Gasteiger partial charge is 0.508 e. The average Bonchev–Trinajstić information content (AvgIpc) is 2.52. The minimum Gasteiger partial charge on any atom is -0.508 e. The summed E-state index contributed by atoms with van der Waals surface area (Å²) >= 11 is 0. The zero-order valence-corrected chi connectivity index (χ0v) is 13.7. The maximum atomic E-state index is 11.8. The van der Waals surface area contributed by atoms with E-state index in [-0.39, 0.29) is 17.5 Å². The Morgan fingerprint density at radius 3 is 2.91 bits per heavy atom. The van der Waals surface area contributed by atoms with Crippen molar-refractivity contribution in [1.29, 1.82) is 0 Å². The molecule has 0 spiro atoms. The maximum Gasteiger partial charge on any atom is 0.336 e. The van der Waals surface area contributed by atoms with E-state index in [1.54, 1.807) is 19.1 Å². The highest BCUT2D eigenvalue weighted by atomic mass is 16.5. The number of phenolic OH excluding ortho intramolecular Hbond substituents is 1. The van der Waals surface area contributed by atoms with E-state index in [4.69, 9.17) is 9.15 Å². The molecule has 1 fully saturated rings. The number of hydrogen-bond donors (Lipinski definition) is 1. The van der Waals surface area contributed by atoms with Gasteiger partial charge < -0.3 is 14.3 Å². The van der Waals surface area contributed by atoms with Gasteiger partial charge >= 0.3 is 5.63 Å². The van der Waals surface area contributed by atoms with Crippen LogP contribution in [0.3, 0.4) is 0 Å². The van der Waals surface area contributed by atoms with E-state index in [2.05, 4.69) is 4.90 Å². The van der Waals surface area contributed by atoms with Gasteiger partial charge in [-0.3, -0.25) is 4.90 Å². The van der Waals surface area contributed by atoms with Crippen LogP contribution in [0.15, 0.2) is 27.4 Å². The molecule has 0 amide bonds. The average molecular weight is 317 g/mol. The molecule has 5 nitrogen and oxygen atoms in total. The molecule has 2 aromatic rings. The van der Waals surface area contributed by atoms with Gasteiger partial charge in [0.25, 0.3) is 0 Å². The van der Waals surface area contributed by atoms with Crippen LogP contribution >= 0.6 is 0 Å². The van der Waals surface area contributed by atoms with Gasteiger partial charge in [0.15, 0.2) is 0 Å². The molecule has 0 unspecified atom stereocenters. The summed E-state index contributed by atoms with van der Waals surface area (Å²) in [5, 5.41) is 10.7. The van der Waals surface area contributed by atoms with Gasteiger partial charge in [0, 0.05) is 36.7 Å². The minimum atomic E-state index is -0.386. The Morgan fingerprint density at radius 1 is 1.35 bits per heavy atom. The number of nitrogens with zero attached hydrogens (tertiary/aromatic N) is 1. The fourth-order valence-electron chi connectivity index (χ4n) is 3.20. The summed E-state index contributed by atoms with van der Waals surface area (Å²) in [5.41, 5.74) is 1.59. The number of phenols is 1. The summed E-state index contributed by atoms with van der Waals surface area (Å²) < 4.78 is 11.1. The molecular formula is C18H23NO4. The molecule has 0 bridgehead atoms. The third-order valence-corrected chi connectivity index (χ3v) is 4.45. The molecule has 0 aliphatic carbocycles. The Labute approximate surface area is 135 Å². The van der Waals surface area contributed by atoms with E-state index in [0.29, 0.717) is 17.7 Å². The standard InChI is InChI=1S/C18H23NO4/c1-12-16(20)7-6-15-13(9-17(21)23-18(12)15)10-19(2)11-14-5-3-4-8-22-14/h6-7,9,14,20H,3-5,8,10-11H2,1-2H3/t14-/m1/s1. The Balaban J connectivity index is 1.84. The summed E-state index contributed by atoms with van der Waals surface area (Å²) in [6, 6.07) is 4.99. The smallest absolute Gasteiger partial charge is 0.336 e. The van der Waals surface area contributed by atoms with Gasteiger partial charge in [-0.1, -0.05) is 0 Å². The molecule has 124 valence electrons. The van der Waals surface area contributed by atoms with Crippen molar-refractivity contribution in [3.8, 4) is 5.75 Å². The number of rotatable bonds is 4. The second kappa shape index (κ2) is 6.72. The molecule has 1 saturated heterocycles. The van der Waals surface area contributed by atoms with Crippen LogP contribution in [0.2, 0.25) is 0 Å². The van der Waals surface area contributed by atoms with Crippen LogP contribution in [0.4, 0.5) is 0 Å². The highest BCUT2D eigenvalue weighted by molar-refractivity contribution is 5.84. The number of benzene rings is 1. The van der Waals surface area contributed by atoms with Crippen LogP contribution in [0.5, 0.6) is 5.75 Å². The fourth-order valence-corrected chi connectivity index (χ4v) is 3.20. The molecule has 1 atom stereocenters. The van der Waals surface area contributed by atoms with E-state index in [0.717, 1.165) is 36.9 Å². The van der Waals surface area contributed by atoms with E-state index in [1.165, 1.54) is 12.5 Å². The lowest BCUT2D eigenvalue weighted by Gasteiger charge is -2.27. The van der Waals surface area contributed by atoms with Gasteiger partial charge in [0.05, 0.1) is 6.10 Å². The first kappa shape index (κ1) is 16.0. The Kier molecular flexibility index (Phi) is 4.68. The summed E-state index contributed by atoms with van der Waals surface area (Å²) in [6.45, 7) is 4.09. The second-order valence-electron chi connectivity index (χ2n) is 6.36. The monoisotopic (exact) mass is 317 g/mol. The highest BCUT2D eigenvalue weighted by Gasteiger charge is 2.17. The Hall–Kier alpha value is -1.85. The fraction of sp³-hybridized carbons (Fsp3) is 0.500. The zero-order valence-electron chi connectivity index (χ0n) is 13.7. The second-order valence-corrected chi connectivity index (χ2v) is 6.36. The van der Waals surface area contributed by atoms with Crippen LogP contribution in [-0.2, 0) is 11.3 Å². The van der Waals surface area contributed by atoms with Crippen LogP contribution in [0.25, 0.3) is 11.0 Å². The first-order chi connectivity index (χ1) is 11.0. The SMILES string of the molecule is Cc1c(O)ccc2c(CN(C)C[C@H]3CCCCO3)cc(=O)oc12. The number of ether oxygens (including phenoxy) is 1. The summed E-state index contributed by atoms with van der Waals surface area (Å²) in [5.74, 6) is 0.141. The van der Waals surface area contributed by atoms with Gasteiger partial charge in [-0.15, -0.1) is 0 Å². The van der Waals surface area contributed by atoms with Crippen LogP contribution in [0.1, 0.15) is 30.4 Å². The van der Waals surface area contributed by atoms with Gasteiger partial charge in [0.1, 0.15) is 11.3 Å². The van der Waals surface area contributed by atoms with Crippen molar-refractivity contribution >= 4 is 11.0 Å². The normalized spacial score (nSPS) is 18.7. The number of aromatic hydroxyl groups is 1. The molecule has 5 heteroatoms. The first-order valence-electron chi connectivity index (χ1n) is 8.10. The Morgan fingerprint density at radius 2 is 2.17 bits per heavy atom. The number of aryl methyl sites for hydroxylation is 1. The van der Waals surface area contributed by atoms with Gasteiger partial charge in [-0.25, -0.2) is 4.79 Å². The van der Waals surface area contributed by atoms with Crippen molar-refractivity contribution in [2.75, 3.05) is 20.2 Å². The van der Waals surface area contributed by atoms with Gasteiger partial charge in [0.2, 0.25) is 0 Å². The molecule has 2 heterocycles. The lowest BCUT2D eigenvalue weighted by atomic mass is 10.1. The summed E-state index contributed by atoms with van der Waals surface area (Å²) in [4.78, 5) is 14.0. The molecule has 0 saturated carbocycles. The van der Waals surface area contributed by atoms with Crippen molar-refractivity contribution < 1.29 is 14.3 Å². The number of likely N-dealkylation sites (N-methyl/N-ethyl adjacent to an activating group) is 1. The number of hydrogen-bond acceptors (Lipinski definition) is 5. The predicted octanol–water partition coefficient (Wildman–Crippen LogP) is 2.81. The molecule has 1 N–H and O–H groups in total. The molecule has 1 aromatic heterocycles. The lowest BCUT2D eigenvalue weighted by Crippen LogP contribution is -2.33. The molecule has 1 aliphatic heterocycles. The predicted molar refractivity (Wildman–Crippen MR) is 88.8 cm³/mol. The maximum absolute atomic E-state index is 11.8. The molecule has 0 radical (unpaired) electrons. The minimum absolute atomic E-state index is 0.141. The zero-order chi connectivity index (χ0) is 16.4. The van der Waals surface area contributed by atoms with Crippen LogP contribution < -0.4 is 5.63 Å². The van der Waals surface area contributed by atoms with E-state index >= 15 is 0 Å². The van der Waals surface area contributed by atoms with Crippen molar-refractivity contribution in [2.24, 2.45) is 0 Å². The quantitative estimate of drug-likeness (QED) is 0.879. The van der Waals surface area contributed by atoms with Crippen molar-refractivity contribution in [2.45, 2.75) is 38.8 Å². The van der Waals surface area contributed by atoms with Gasteiger partial charge in [-0.05, 0) is 50.9 Å². The van der Waals surface area contributed by atoms with Crippen molar-refractivity contribution in [1.82, 2.24) is 4.90 Å². The third-order valence-electron chi connectivity index (χ3n) is 4.45. The topological polar surface area (TPSA) is 62.9 Å². The van der Waals surface area contributed by atoms with E-state index in [9.17, 15) is 9.90 Å². The highest BCUT2D eigenvalue weighted by Crippen LogP contribution is 2.28. The van der Waals surface area contributed by atoms with Crippen molar-refractivity contribution in [3.05, 3.63) is 39.7 Å². The molecular weight excluding hydrogens is 294 g/mol. The van der Waals surface area contributed by atoms with E-state index < -0.39 is 0 Å². The molecule has 1 aromatic carbocycles. The third kappa shape index (κ3) is 3.57.